The number of aromatic nitrogens is 2. The van der Waals surface area contributed by atoms with E-state index >= 15 is 0 Å². The minimum absolute atomic E-state index is 0.679. The molecule has 0 fully saturated rings. The number of rotatable bonds is 9. The average molecular weight is 358 g/mol. The molecule has 0 spiro atoms. The van der Waals surface area contributed by atoms with Gasteiger partial charge in [0.25, 0.3) is 0 Å². The maximum Gasteiger partial charge on any atom is 0.199 e. The van der Waals surface area contributed by atoms with Gasteiger partial charge in [-0.3, -0.25) is 0 Å². The Morgan fingerprint density at radius 1 is 1.04 bits per heavy atom. The number of nitrogens with one attached hydrogen (secondary N) is 1. The van der Waals surface area contributed by atoms with Crippen molar-refractivity contribution >= 4 is 17.6 Å². The van der Waals surface area contributed by atoms with Crippen LogP contribution in [0, 0.1) is 0 Å². The molecule has 2 heterocycles. The monoisotopic (exact) mass is 358 g/mol. The Morgan fingerprint density at radius 2 is 1.84 bits per heavy atom. The van der Waals surface area contributed by atoms with Gasteiger partial charge in [-0.1, -0.05) is 30.3 Å². The van der Waals surface area contributed by atoms with Gasteiger partial charge in [0, 0.05) is 17.9 Å². The van der Waals surface area contributed by atoms with E-state index in [0.717, 1.165) is 47.4 Å². The summed E-state index contributed by atoms with van der Waals surface area (Å²) in [6, 6.07) is 14.0. The van der Waals surface area contributed by atoms with Crippen LogP contribution in [0.15, 0.2) is 51.5 Å². The van der Waals surface area contributed by atoms with Crippen LogP contribution in [-0.2, 0) is 12.3 Å². The zero-order valence-corrected chi connectivity index (χ0v) is 15.3. The van der Waals surface area contributed by atoms with Gasteiger partial charge in [0.2, 0.25) is 0 Å². The highest BCUT2D eigenvalue weighted by molar-refractivity contribution is 7.98. The topological polar surface area (TPSA) is 67.3 Å². The number of hydrogen-bond acceptors (Lipinski definition) is 7. The molecule has 0 saturated carbocycles. The van der Waals surface area contributed by atoms with E-state index in [1.807, 2.05) is 68.3 Å². The molecule has 0 radical (unpaired) electrons. The number of hydrogen-bond donors (Lipinski definition) is 1. The molecule has 132 valence electrons. The molecule has 0 unspecified atom stereocenters. The van der Waals surface area contributed by atoms with E-state index in [1.54, 1.807) is 0 Å². The predicted octanol–water partition coefficient (Wildman–Crippen LogP) is 3.74. The number of nitrogens with zero attached hydrogens (tertiary/aromatic N) is 3. The van der Waals surface area contributed by atoms with E-state index in [1.165, 1.54) is 0 Å². The molecule has 6 nitrogen and oxygen atoms in total. The summed E-state index contributed by atoms with van der Waals surface area (Å²) in [5, 5.41) is 11.2. The molecule has 1 N–H and O–H groups in total. The average Bonchev–Trinajstić information content (AvgIpc) is 3.24. The molecule has 1 aromatic carbocycles. The quantitative estimate of drug-likeness (QED) is 0.584. The van der Waals surface area contributed by atoms with Crippen molar-refractivity contribution in [3.05, 3.63) is 54.0 Å². The second kappa shape index (κ2) is 8.73. The van der Waals surface area contributed by atoms with Crippen LogP contribution in [0.4, 0.5) is 5.82 Å². The normalized spacial score (nSPS) is 11.2. The molecule has 0 bridgehead atoms. The van der Waals surface area contributed by atoms with E-state index in [9.17, 15) is 0 Å². The molecule has 0 aliphatic heterocycles. The molecular weight excluding hydrogens is 336 g/mol. The first-order valence-electron chi connectivity index (χ1n) is 8.14. The predicted molar refractivity (Wildman–Crippen MR) is 100 cm³/mol. The van der Waals surface area contributed by atoms with Crippen LogP contribution in [0.5, 0.6) is 0 Å². The fourth-order valence-corrected chi connectivity index (χ4v) is 3.15. The van der Waals surface area contributed by atoms with Crippen molar-refractivity contribution in [1.29, 1.82) is 0 Å². The second-order valence-corrected chi connectivity index (χ2v) is 7.02. The van der Waals surface area contributed by atoms with Crippen LogP contribution in [0.2, 0.25) is 0 Å². The van der Waals surface area contributed by atoms with Crippen molar-refractivity contribution in [3.63, 3.8) is 0 Å². The van der Waals surface area contributed by atoms with Crippen LogP contribution in [0.1, 0.15) is 11.5 Å². The highest BCUT2D eigenvalue weighted by Gasteiger charge is 2.11. The van der Waals surface area contributed by atoms with E-state index in [-0.39, 0.29) is 0 Å². The maximum absolute atomic E-state index is 5.80. The number of benzene rings is 1. The summed E-state index contributed by atoms with van der Waals surface area (Å²) in [7, 11) is 4.07. The number of thioether (sulfide) groups is 1. The maximum atomic E-state index is 5.80. The van der Waals surface area contributed by atoms with Crippen molar-refractivity contribution in [2.75, 3.05) is 31.7 Å². The zero-order valence-electron chi connectivity index (χ0n) is 14.4. The molecule has 0 aliphatic carbocycles. The van der Waals surface area contributed by atoms with Gasteiger partial charge in [0.15, 0.2) is 11.5 Å². The Morgan fingerprint density at radius 3 is 2.64 bits per heavy atom. The van der Waals surface area contributed by atoms with Gasteiger partial charge < -0.3 is 14.6 Å². The Balaban J connectivity index is 1.42. The Kier molecular flexibility index (Phi) is 6.14. The Bertz CT molecular complexity index is 770. The lowest BCUT2D eigenvalue weighted by atomic mass is 10.1. The van der Waals surface area contributed by atoms with Gasteiger partial charge in [-0.05, 0) is 36.5 Å². The first-order chi connectivity index (χ1) is 12.2. The smallest absolute Gasteiger partial charge is 0.199 e. The molecule has 3 rings (SSSR count). The standard InChI is InChI=1S/C18H22N4O2S/c1-22(2)12-15-8-9-16(23-15)13-25-11-10-19-18-17(20-24-21-18)14-6-4-3-5-7-14/h3-9H,10-13H2,1-2H3,(H,19,21). The first kappa shape index (κ1) is 17.6. The van der Waals surface area contributed by atoms with Crippen LogP contribution < -0.4 is 5.32 Å². The minimum Gasteiger partial charge on any atom is -0.464 e. The zero-order chi connectivity index (χ0) is 17.5. The van der Waals surface area contributed by atoms with Crippen LogP contribution in [0.25, 0.3) is 11.3 Å². The molecule has 7 heteroatoms. The summed E-state index contributed by atoms with van der Waals surface area (Å²) in [5.41, 5.74) is 1.73. The summed E-state index contributed by atoms with van der Waals surface area (Å²) in [6.45, 7) is 1.61. The molecule has 0 saturated heterocycles. The fourth-order valence-electron chi connectivity index (χ4n) is 2.40. The van der Waals surface area contributed by atoms with E-state index in [0.29, 0.717) is 5.82 Å². The molecule has 0 aliphatic rings. The van der Waals surface area contributed by atoms with Crippen molar-refractivity contribution < 1.29 is 9.05 Å². The van der Waals surface area contributed by atoms with Gasteiger partial charge in [0.1, 0.15) is 11.5 Å². The van der Waals surface area contributed by atoms with E-state index < -0.39 is 0 Å². The largest absolute Gasteiger partial charge is 0.464 e. The second-order valence-electron chi connectivity index (χ2n) is 5.91. The van der Waals surface area contributed by atoms with Gasteiger partial charge in [-0.2, -0.15) is 11.8 Å². The van der Waals surface area contributed by atoms with Gasteiger partial charge in [-0.25, -0.2) is 4.63 Å². The molecule has 0 atom stereocenters. The van der Waals surface area contributed by atoms with Gasteiger partial charge >= 0.3 is 0 Å². The Hall–Kier alpha value is -2.25. The van der Waals surface area contributed by atoms with Crippen molar-refractivity contribution in [2.45, 2.75) is 12.3 Å². The van der Waals surface area contributed by atoms with Gasteiger partial charge in [-0.15, -0.1) is 0 Å². The lowest BCUT2D eigenvalue weighted by Crippen LogP contribution is -2.09. The molecule has 25 heavy (non-hydrogen) atoms. The van der Waals surface area contributed by atoms with Crippen LogP contribution >= 0.6 is 11.8 Å². The summed E-state index contributed by atoms with van der Waals surface area (Å²) in [6.07, 6.45) is 0. The van der Waals surface area contributed by atoms with Crippen LogP contribution in [-0.4, -0.2) is 41.6 Å². The third-order valence-electron chi connectivity index (χ3n) is 3.51. The lowest BCUT2D eigenvalue weighted by Gasteiger charge is -2.06. The van der Waals surface area contributed by atoms with Gasteiger partial charge in [0.05, 0.1) is 12.3 Å². The number of furan rings is 1. The van der Waals surface area contributed by atoms with E-state index in [4.69, 9.17) is 9.05 Å². The lowest BCUT2D eigenvalue weighted by molar-refractivity contribution is 0.310. The summed E-state index contributed by atoms with van der Waals surface area (Å²) in [5.74, 6) is 4.48. The van der Waals surface area contributed by atoms with Crippen molar-refractivity contribution in [3.8, 4) is 11.3 Å². The van der Waals surface area contributed by atoms with Crippen LogP contribution in [0.3, 0.4) is 0 Å². The highest BCUT2D eigenvalue weighted by atomic mass is 32.2. The summed E-state index contributed by atoms with van der Waals surface area (Å²) < 4.78 is 10.7. The number of anilines is 1. The third kappa shape index (κ3) is 5.11. The van der Waals surface area contributed by atoms with Crippen molar-refractivity contribution in [2.24, 2.45) is 0 Å². The Labute approximate surface area is 151 Å². The molecular formula is C18H22N4O2S. The SMILES string of the molecule is CN(C)Cc1ccc(CSCCNc2nonc2-c2ccccc2)o1. The molecule has 0 amide bonds. The van der Waals surface area contributed by atoms with E-state index in [2.05, 4.69) is 20.5 Å². The minimum atomic E-state index is 0.679. The summed E-state index contributed by atoms with van der Waals surface area (Å²) in [4.78, 5) is 2.09. The molecule has 3 aromatic rings. The first-order valence-corrected chi connectivity index (χ1v) is 9.30. The third-order valence-corrected chi connectivity index (χ3v) is 4.49. The summed E-state index contributed by atoms with van der Waals surface area (Å²) >= 11 is 1.81. The van der Waals surface area contributed by atoms with Crippen molar-refractivity contribution in [1.82, 2.24) is 15.2 Å². The molecule has 2 aromatic heterocycles. The fraction of sp³-hybridized carbons (Fsp3) is 0.333. The highest BCUT2D eigenvalue weighted by Crippen LogP contribution is 2.24.